The maximum Gasteiger partial charge on any atom is 0.238 e. The minimum absolute atomic E-state index is 0.0844. The molecular formula is C24H20ClNO7. The van der Waals surface area contributed by atoms with Crippen LogP contribution in [0, 0.1) is 0 Å². The third-order valence-corrected chi connectivity index (χ3v) is 5.64. The Hall–Kier alpha value is -3.88. The second-order valence-corrected chi connectivity index (χ2v) is 7.84. The molecule has 33 heavy (non-hydrogen) atoms. The molecule has 0 aliphatic heterocycles. The Morgan fingerprint density at radius 1 is 0.879 bits per heavy atom. The van der Waals surface area contributed by atoms with E-state index < -0.39 is 22.7 Å². The van der Waals surface area contributed by atoms with Gasteiger partial charge in [0, 0.05) is 23.2 Å². The van der Waals surface area contributed by atoms with E-state index >= 15 is 0 Å². The summed E-state index contributed by atoms with van der Waals surface area (Å²) in [6, 6.07) is 12.0. The molecule has 0 aliphatic carbocycles. The molecule has 1 aromatic heterocycles. The number of nitrogens with one attached hydrogen (secondary N) is 1. The van der Waals surface area contributed by atoms with Gasteiger partial charge < -0.3 is 35.3 Å². The summed E-state index contributed by atoms with van der Waals surface area (Å²) < 4.78 is 5.76. The fourth-order valence-electron chi connectivity index (χ4n) is 3.55. The van der Waals surface area contributed by atoms with Crippen molar-refractivity contribution in [1.29, 1.82) is 0 Å². The molecule has 4 rings (SSSR count). The number of fused-ring (bicyclic) bond motifs is 1. The van der Waals surface area contributed by atoms with Crippen LogP contribution in [-0.2, 0) is 13.0 Å². The lowest BCUT2D eigenvalue weighted by atomic mass is 10.0. The molecule has 0 bridgehead atoms. The summed E-state index contributed by atoms with van der Waals surface area (Å²) >= 11 is 6.17. The Labute approximate surface area is 192 Å². The van der Waals surface area contributed by atoms with Crippen LogP contribution in [-0.4, -0.2) is 32.1 Å². The molecule has 0 aliphatic rings. The Kier molecular flexibility index (Phi) is 6.04. The van der Waals surface area contributed by atoms with E-state index in [1.54, 1.807) is 6.07 Å². The summed E-state index contributed by atoms with van der Waals surface area (Å²) in [6.07, 6.45) is 0.610. The Balaban J connectivity index is 1.73. The van der Waals surface area contributed by atoms with Gasteiger partial charge in [0.2, 0.25) is 11.2 Å². The number of hydrogen-bond acceptors (Lipinski definition) is 8. The van der Waals surface area contributed by atoms with Crippen molar-refractivity contribution >= 4 is 22.6 Å². The van der Waals surface area contributed by atoms with E-state index in [1.807, 2.05) is 18.2 Å². The first-order valence-electron chi connectivity index (χ1n) is 9.98. The smallest absolute Gasteiger partial charge is 0.238 e. The number of rotatable bonds is 6. The van der Waals surface area contributed by atoms with Crippen molar-refractivity contribution in [1.82, 2.24) is 5.32 Å². The highest BCUT2D eigenvalue weighted by molar-refractivity contribution is 6.31. The second-order valence-electron chi connectivity index (χ2n) is 7.43. The molecule has 1 heterocycles. The number of phenols is 4. The average molecular weight is 470 g/mol. The van der Waals surface area contributed by atoms with Gasteiger partial charge in [-0.05, 0) is 42.8 Å². The lowest BCUT2D eigenvalue weighted by molar-refractivity contribution is 0.403. The lowest BCUT2D eigenvalue weighted by Gasteiger charge is -2.13. The van der Waals surface area contributed by atoms with Crippen LogP contribution >= 0.6 is 11.6 Å². The average Bonchev–Trinajstić information content (AvgIpc) is 2.78. The molecule has 8 nitrogen and oxygen atoms in total. The number of aromatic hydroxyl groups is 5. The number of halogens is 1. The molecule has 0 radical (unpaired) electrons. The van der Waals surface area contributed by atoms with E-state index in [1.165, 1.54) is 12.1 Å². The Morgan fingerprint density at radius 2 is 1.64 bits per heavy atom. The molecule has 4 aromatic rings. The van der Waals surface area contributed by atoms with E-state index in [2.05, 4.69) is 5.32 Å². The molecule has 0 atom stereocenters. The summed E-state index contributed by atoms with van der Waals surface area (Å²) in [6.45, 7) is 0.577. The summed E-state index contributed by atoms with van der Waals surface area (Å²) in [5.74, 6) is -2.80. The van der Waals surface area contributed by atoms with Crippen molar-refractivity contribution < 1.29 is 29.9 Å². The van der Waals surface area contributed by atoms with Crippen molar-refractivity contribution in [3.05, 3.63) is 74.9 Å². The van der Waals surface area contributed by atoms with E-state index in [0.29, 0.717) is 18.0 Å². The van der Waals surface area contributed by atoms with Crippen LogP contribution < -0.4 is 10.7 Å². The van der Waals surface area contributed by atoms with Crippen LogP contribution in [0.15, 0.2) is 57.7 Å². The van der Waals surface area contributed by atoms with Gasteiger partial charge in [-0.25, -0.2) is 0 Å². The standard InChI is InChI=1S/C24H20ClNO7/c25-15-4-2-1-3-12(15)7-8-26-11-14-17(28)10-19(30)20-21(31)22(32)23(33-24(14)20)13-5-6-16(27)18(29)9-13/h1-6,9-10,26-30,32H,7-8,11H2. The minimum Gasteiger partial charge on any atom is -0.507 e. The Bertz CT molecular complexity index is 1410. The molecule has 0 spiro atoms. The zero-order valence-electron chi connectivity index (χ0n) is 17.2. The van der Waals surface area contributed by atoms with Crippen molar-refractivity contribution in [2.24, 2.45) is 0 Å². The van der Waals surface area contributed by atoms with Crippen LogP contribution in [0.4, 0.5) is 0 Å². The van der Waals surface area contributed by atoms with Gasteiger partial charge in [0.05, 0.1) is 5.56 Å². The zero-order chi connectivity index (χ0) is 23.7. The van der Waals surface area contributed by atoms with E-state index in [9.17, 15) is 30.3 Å². The predicted octanol–water partition coefficient (Wildman–Crippen LogP) is 3.97. The van der Waals surface area contributed by atoms with Crippen LogP contribution in [0.1, 0.15) is 11.1 Å². The highest BCUT2D eigenvalue weighted by Crippen LogP contribution is 2.39. The monoisotopic (exact) mass is 469 g/mol. The van der Waals surface area contributed by atoms with Crippen molar-refractivity contribution in [2.45, 2.75) is 13.0 Å². The minimum atomic E-state index is -0.909. The van der Waals surface area contributed by atoms with Gasteiger partial charge in [0.25, 0.3) is 0 Å². The van der Waals surface area contributed by atoms with Gasteiger partial charge in [0.15, 0.2) is 22.8 Å². The maximum atomic E-state index is 12.8. The van der Waals surface area contributed by atoms with E-state index in [-0.39, 0.29) is 45.9 Å². The SMILES string of the molecule is O=c1c(O)c(-c2ccc(O)c(O)c2)oc2c(CNCCc3ccccc3Cl)c(O)cc(O)c12. The van der Waals surface area contributed by atoms with Crippen molar-refractivity contribution in [2.75, 3.05) is 6.54 Å². The molecule has 0 amide bonds. The van der Waals surface area contributed by atoms with Gasteiger partial charge in [0.1, 0.15) is 16.9 Å². The summed E-state index contributed by atoms with van der Waals surface area (Å²) in [5.41, 5.74) is 0.222. The van der Waals surface area contributed by atoms with E-state index in [0.717, 1.165) is 17.7 Å². The fourth-order valence-corrected chi connectivity index (χ4v) is 3.78. The third-order valence-electron chi connectivity index (χ3n) is 5.27. The zero-order valence-corrected chi connectivity index (χ0v) is 17.9. The molecule has 0 fully saturated rings. The first-order chi connectivity index (χ1) is 15.8. The highest BCUT2D eigenvalue weighted by Gasteiger charge is 2.23. The van der Waals surface area contributed by atoms with Crippen LogP contribution in [0.2, 0.25) is 5.02 Å². The quantitative estimate of drug-likeness (QED) is 0.184. The first kappa shape index (κ1) is 22.3. The topological polar surface area (TPSA) is 143 Å². The largest absolute Gasteiger partial charge is 0.507 e. The normalized spacial score (nSPS) is 11.2. The molecule has 9 heteroatoms. The molecular weight excluding hydrogens is 450 g/mol. The second kappa shape index (κ2) is 8.93. The number of hydrogen-bond donors (Lipinski definition) is 6. The van der Waals surface area contributed by atoms with Crippen LogP contribution in [0.25, 0.3) is 22.3 Å². The molecule has 6 N–H and O–H groups in total. The third kappa shape index (κ3) is 4.26. The van der Waals surface area contributed by atoms with Crippen LogP contribution in [0.3, 0.4) is 0 Å². The van der Waals surface area contributed by atoms with Gasteiger partial charge in [-0.3, -0.25) is 4.79 Å². The molecule has 0 saturated carbocycles. The van der Waals surface area contributed by atoms with Gasteiger partial charge in [-0.2, -0.15) is 0 Å². The fraction of sp³-hybridized carbons (Fsp3) is 0.125. The Morgan fingerprint density at radius 3 is 2.36 bits per heavy atom. The number of benzene rings is 3. The molecule has 0 unspecified atom stereocenters. The highest BCUT2D eigenvalue weighted by atomic mass is 35.5. The van der Waals surface area contributed by atoms with Gasteiger partial charge in [-0.15, -0.1) is 0 Å². The van der Waals surface area contributed by atoms with Crippen LogP contribution in [0.5, 0.6) is 28.7 Å². The van der Waals surface area contributed by atoms with Gasteiger partial charge >= 0.3 is 0 Å². The van der Waals surface area contributed by atoms with Crippen molar-refractivity contribution in [3.8, 4) is 40.1 Å². The molecule has 0 saturated heterocycles. The molecule has 170 valence electrons. The van der Waals surface area contributed by atoms with E-state index in [4.69, 9.17) is 16.0 Å². The summed E-state index contributed by atoms with van der Waals surface area (Å²) in [5, 5.41) is 53.9. The predicted molar refractivity (Wildman–Crippen MR) is 123 cm³/mol. The van der Waals surface area contributed by atoms with Crippen molar-refractivity contribution in [3.63, 3.8) is 0 Å². The van der Waals surface area contributed by atoms with Gasteiger partial charge in [-0.1, -0.05) is 29.8 Å². The maximum absolute atomic E-state index is 12.8. The molecule has 3 aromatic carbocycles. The summed E-state index contributed by atoms with van der Waals surface area (Å²) in [7, 11) is 0. The first-order valence-corrected chi connectivity index (χ1v) is 10.4. The summed E-state index contributed by atoms with van der Waals surface area (Å²) in [4.78, 5) is 12.8. The lowest BCUT2D eigenvalue weighted by Crippen LogP contribution is -2.17. The number of phenolic OH excluding ortho intramolecular Hbond substituents is 4.